The van der Waals surface area contributed by atoms with E-state index in [0.717, 1.165) is 42.7 Å². The van der Waals surface area contributed by atoms with Crippen molar-refractivity contribution in [1.82, 2.24) is 0 Å². The van der Waals surface area contributed by atoms with Gasteiger partial charge in [0.2, 0.25) is 0 Å². The number of benzene rings is 1. The van der Waals surface area contributed by atoms with Crippen molar-refractivity contribution < 1.29 is 14.6 Å². The topological polar surface area (TPSA) is 38.7 Å². The van der Waals surface area contributed by atoms with E-state index >= 15 is 0 Å². The third-order valence-corrected chi connectivity index (χ3v) is 7.56. The van der Waals surface area contributed by atoms with Gasteiger partial charge in [0.15, 0.2) is 0 Å². The van der Waals surface area contributed by atoms with Crippen LogP contribution >= 0.6 is 0 Å². The molecule has 0 radical (unpaired) electrons. The summed E-state index contributed by atoms with van der Waals surface area (Å²) >= 11 is 0. The Morgan fingerprint density at radius 2 is 1.69 bits per heavy atom. The molecule has 2 unspecified atom stereocenters. The van der Waals surface area contributed by atoms with Crippen LogP contribution in [-0.2, 0) is 12.0 Å². The molecule has 146 valence electrons. The van der Waals surface area contributed by atoms with Crippen LogP contribution in [0.2, 0.25) is 0 Å². The van der Waals surface area contributed by atoms with E-state index in [-0.39, 0.29) is 10.8 Å². The Hall–Kier alpha value is -1.22. The van der Waals surface area contributed by atoms with E-state index in [1.165, 1.54) is 24.8 Å². The van der Waals surface area contributed by atoms with E-state index in [1.54, 1.807) is 14.2 Å². The van der Waals surface area contributed by atoms with Crippen LogP contribution in [0.1, 0.15) is 77.3 Å². The lowest BCUT2D eigenvalue weighted by Crippen LogP contribution is -2.51. The van der Waals surface area contributed by atoms with Gasteiger partial charge in [-0.1, -0.05) is 40.5 Å². The van der Waals surface area contributed by atoms with Gasteiger partial charge in [-0.25, -0.2) is 0 Å². The highest BCUT2D eigenvalue weighted by molar-refractivity contribution is 5.54. The Labute approximate surface area is 159 Å². The molecule has 2 aliphatic carbocycles. The summed E-state index contributed by atoms with van der Waals surface area (Å²) in [5.74, 6) is 2.09. The van der Waals surface area contributed by atoms with Crippen molar-refractivity contribution in [1.29, 1.82) is 0 Å². The van der Waals surface area contributed by atoms with Crippen LogP contribution in [0.15, 0.2) is 12.1 Å². The van der Waals surface area contributed by atoms with E-state index in [0.29, 0.717) is 5.92 Å². The molecule has 1 aromatic rings. The molecule has 2 saturated carbocycles. The Bertz CT molecular complexity index is 634. The first-order valence-electron chi connectivity index (χ1n) is 10.2. The first-order chi connectivity index (χ1) is 12.2. The summed E-state index contributed by atoms with van der Waals surface area (Å²) in [5.41, 5.74) is 0.805. The van der Waals surface area contributed by atoms with Crippen LogP contribution in [0.5, 0.6) is 11.5 Å². The molecule has 3 nitrogen and oxygen atoms in total. The monoisotopic (exact) mass is 360 g/mol. The number of hydrogen-bond donors (Lipinski definition) is 1. The zero-order valence-electron chi connectivity index (χ0n) is 17.4. The van der Waals surface area contributed by atoms with Crippen LogP contribution in [0.25, 0.3) is 0 Å². The molecule has 3 rings (SSSR count). The number of ether oxygens (including phenoxy) is 2. The molecule has 0 aromatic heterocycles. The molecule has 26 heavy (non-hydrogen) atoms. The fraction of sp³-hybridized carbons (Fsp3) is 0.739. The van der Waals surface area contributed by atoms with Crippen LogP contribution in [0, 0.1) is 16.7 Å². The molecule has 2 aliphatic rings. The zero-order chi connectivity index (χ0) is 19.2. The van der Waals surface area contributed by atoms with Gasteiger partial charge in [-0.2, -0.15) is 0 Å². The third kappa shape index (κ3) is 2.58. The predicted octanol–water partition coefficient (Wildman–Crippen LogP) is 5.47. The second kappa shape index (κ2) is 6.74. The summed E-state index contributed by atoms with van der Waals surface area (Å²) in [7, 11) is 3.42. The minimum atomic E-state index is -0.943. The molecular formula is C23H36O3. The fourth-order valence-electron chi connectivity index (χ4n) is 5.93. The lowest BCUT2D eigenvalue weighted by Gasteiger charge is -2.51. The molecule has 0 amide bonds. The molecule has 0 saturated heterocycles. The highest BCUT2D eigenvalue weighted by Gasteiger charge is 2.70. The van der Waals surface area contributed by atoms with E-state index < -0.39 is 5.60 Å². The first-order valence-corrected chi connectivity index (χ1v) is 10.2. The number of fused-ring (bicyclic) bond motifs is 2. The molecule has 0 aliphatic heterocycles. The number of hydrogen-bond acceptors (Lipinski definition) is 3. The lowest BCUT2D eigenvalue weighted by molar-refractivity contribution is -0.152. The van der Waals surface area contributed by atoms with Crippen molar-refractivity contribution in [3.63, 3.8) is 0 Å². The van der Waals surface area contributed by atoms with Crippen LogP contribution in [0.4, 0.5) is 0 Å². The molecular weight excluding hydrogens is 324 g/mol. The van der Waals surface area contributed by atoms with E-state index in [1.807, 2.05) is 0 Å². The van der Waals surface area contributed by atoms with Crippen molar-refractivity contribution in [2.75, 3.05) is 14.2 Å². The maximum absolute atomic E-state index is 12.2. The summed E-state index contributed by atoms with van der Waals surface area (Å²) in [6, 6.07) is 4.24. The summed E-state index contributed by atoms with van der Waals surface area (Å²) < 4.78 is 11.6. The average Bonchev–Trinajstić information content (AvgIpc) is 3.09. The zero-order valence-corrected chi connectivity index (χ0v) is 17.4. The van der Waals surface area contributed by atoms with Gasteiger partial charge in [0.05, 0.1) is 19.8 Å². The number of aryl methyl sites for hydroxylation is 1. The predicted molar refractivity (Wildman–Crippen MR) is 106 cm³/mol. The molecule has 3 heteroatoms. The number of methoxy groups -OCH3 is 2. The Kier molecular flexibility index (Phi) is 5.07. The summed E-state index contributed by atoms with van der Waals surface area (Å²) in [4.78, 5) is 0. The van der Waals surface area contributed by atoms with Gasteiger partial charge in [-0.05, 0) is 55.7 Å². The largest absolute Gasteiger partial charge is 0.496 e. The smallest absolute Gasteiger partial charge is 0.129 e. The highest BCUT2D eigenvalue weighted by Crippen LogP contribution is 2.73. The first kappa shape index (κ1) is 19.5. The van der Waals surface area contributed by atoms with Gasteiger partial charge in [-0.15, -0.1) is 0 Å². The molecule has 2 bridgehead atoms. The van der Waals surface area contributed by atoms with E-state index in [2.05, 4.69) is 39.8 Å². The molecule has 0 spiro atoms. The third-order valence-electron chi connectivity index (χ3n) is 7.56. The van der Waals surface area contributed by atoms with E-state index in [4.69, 9.17) is 9.47 Å². The number of rotatable bonds is 7. The normalized spacial score (nSPS) is 32.0. The minimum Gasteiger partial charge on any atom is -0.496 e. The van der Waals surface area contributed by atoms with E-state index in [9.17, 15) is 5.11 Å². The Balaban J connectivity index is 2.12. The second-order valence-corrected chi connectivity index (χ2v) is 9.26. The summed E-state index contributed by atoms with van der Waals surface area (Å²) in [6.45, 7) is 8.90. The van der Waals surface area contributed by atoms with Gasteiger partial charge < -0.3 is 14.6 Å². The molecule has 1 aromatic carbocycles. The molecule has 1 N–H and O–H groups in total. The maximum atomic E-state index is 12.2. The van der Waals surface area contributed by atoms with Crippen molar-refractivity contribution in [3.05, 3.63) is 23.3 Å². The number of unbranched alkanes of at least 4 members (excludes halogenated alkanes) is 2. The molecule has 3 atom stereocenters. The van der Waals surface area contributed by atoms with Crippen LogP contribution in [-0.4, -0.2) is 19.3 Å². The maximum Gasteiger partial charge on any atom is 0.129 e. The SMILES string of the molecule is CCCCCc1cc(OC)c([C@@]2(O)C3(C)CCC(C3)C2(C)C)c(OC)c1. The van der Waals surface area contributed by atoms with Gasteiger partial charge >= 0.3 is 0 Å². The van der Waals surface area contributed by atoms with Crippen LogP contribution in [0.3, 0.4) is 0 Å². The second-order valence-electron chi connectivity index (χ2n) is 9.26. The Morgan fingerprint density at radius 3 is 2.15 bits per heavy atom. The fourth-order valence-corrected chi connectivity index (χ4v) is 5.93. The van der Waals surface area contributed by atoms with Gasteiger partial charge in [-0.3, -0.25) is 0 Å². The Morgan fingerprint density at radius 1 is 1.08 bits per heavy atom. The highest BCUT2D eigenvalue weighted by atomic mass is 16.5. The van der Waals surface area contributed by atoms with Crippen LogP contribution < -0.4 is 9.47 Å². The van der Waals surface area contributed by atoms with Crippen molar-refractivity contribution in [2.45, 2.75) is 78.2 Å². The quantitative estimate of drug-likeness (QED) is 0.655. The molecule has 2 fully saturated rings. The lowest BCUT2D eigenvalue weighted by atomic mass is 9.57. The van der Waals surface area contributed by atoms with Crippen molar-refractivity contribution >= 4 is 0 Å². The standard InChI is InChI=1S/C23H36O3/c1-7-8-9-10-16-13-18(25-5)20(19(14-16)26-6)23(24)21(2,3)17-11-12-22(23,4)15-17/h13-14,17,24H,7-12,15H2,1-6H3/t17?,22?,23-/m0/s1. The number of aliphatic hydroxyl groups is 1. The minimum absolute atomic E-state index is 0.133. The van der Waals surface area contributed by atoms with Crippen molar-refractivity contribution in [3.8, 4) is 11.5 Å². The van der Waals surface area contributed by atoms with Gasteiger partial charge in [0.25, 0.3) is 0 Å². The van der Waals surface area contributed by atoms with Gasteiger partial charge in [0, 0.05) is 10.8 Å². The summed E-state index contributed by atoms with van der Waals surface area (Å²) in [6.07, 6.45) is 7.94. The molecule has 0 heterocycles. The van der Waals surface area contributed by atoms with Gasteiger partial charge in [0.1, 0.15) is 17.1 Å². The summed E-state index contributed by atoms with van der Waals surface area (Å²) in [5, 5.41) is 12.2. The average molecular weight is 361 g/mol. The van der Waals surface area contributed by atoms with Crippen molar-refractivity contribution in [2.24, 2.45) is 16.7 Å².